The number of fused-ring (bicyclic) bond motifs is 1. The highest BCUT2D eigenvalue weighted by molar-refractivity contribution is 5.79. The molecule has 0 bridgehead atoms. The summed E-state index contributed by atoms with van der Waals surface area (Å²) in [6.07, 6.45) is 2.87. The first-order chi connectivity index (χ1) is 7.70. The topological polar surface area (TPSA) is 31.9 Å². The maximum absolute atomic E-state index is 12.9. The summed E-state index contributed by atoms with van der Waals surface area (Å²) in [5.41, 5.74) is 1.83. The van der Waals surface area contributed by atoms with Crippen molar-refractivity contribution in [2.24, 2.45) is 0 Å². The average Bonchev–Trinajstić information content (AvgIpc) is 2.68. The number of pyridine rings is 1. The fourth-order valence-corrected chi connectivity index (χ4v) is 1.71. The van der Waals surface area contributed by atoms with Crippen molar-refractivity contribution in [3.05, 3.63) is 29.8 Å². The Labute approximate surface area is 94.3 Å². The van der Waals surface area contributed by atoms with E-state index in [0.29, 0.717) is 5.65 Å². The summed E-state index contributed by atoms with van der Waals surface area (Å²) in [5, 5.41) is 1.02. The van der Waals surface area contributed by atoms with Crippen LogP contribution in [-0.4, -0.2) is 35.0 Å². The first kappa shape index (κ1) is 11.1. The number of nitrogens with zero attached hydrogens (tertiary/aromatic N) is 2. The monoisotopic (exact) mass is 221 g/mol. The molecule has 0 aliphatic carbocycles. The number of H-pyrrole nitrogens is 1. The van der Waals surface area contributed by atoms with E-state index >= 15 is 0 Å². The van der Waals surface area contributed by atoms with Gasteiger partial charge in [-0.15, -0.1) is 0 Å². The Hall–Kier alpha value is -1.42. The highest BCUT2D eigenvalue weighted by Gasteiger charge is 2.06. The van der Waals surface area contributed by atoms with Crippen LogP contribution < -0.4 is 0 Å². The molecule has 4 heteroatoms. The van der Waals surface area contributed by atoms with Crippen LogP contribution in [0.1, 0.15) is 12.5 Å². The largest absolute Gasteiger partial charge is 0.346 e. The molecule has 0 spiro atoms. The van der Waals surface area contributed by atoms with Crippen LogP contribution in [0.5, 0.6) is 0 Å². The highest BCUT2D eigenvalue weighted by Crippen LogP contribution is 2.17. The number of hydrogen-bond donors (Lipinski definition) is 1. The SMILES string of the molecule is CCN(C)CCc1c[nH]c2nc(F)ccc12. The van der Waals surface area contributed by atoms with E-state index in [1.54, 1.807) is 6.07 Å². The van der Waals surface area contributed by atoms with Crippen LogP contribution >= 0.6 is 0 Å². The summed E-state index contributed by atoms with van der Waals surface area (Å²) in [4.78, 5) is 9.05. The van der Waals surface area contributed by atoms with Crippen molar-refractivity contribution >= 4 is 11.0 Å². The molecule has 2 heterocycles. The number of likely N-dealkylation sites (N-methyl/N-ethyl adjacent to an activating group) is 1. The molecule has 0 saturated heterocycles. The molecule has 3 nitrogen and oxygen atoms in total. The molecule has 0 saturated carbocycles. The Kier molecular flexibility index (Phi) is 3.19. The predicted molar refractivity (Wildman–Crippen MR) is 62.9 cm³/mol. The number of aromatic nitrogens is 2. The quantitative estimate of drug-likeness (QED) is 0.803. The lowest BCUT2D eigenvalue weighted by Gasteiger charge is -2.12. The van der Waals surface area contributed by atoms with Gasteiger partial charge in [0.1, 0.15) is 5.65 Å². The molecule has 2 aromatic rings. The molecular formula is C12H16FN3. The van der Waals surface area contributed by atoms with Gasteiger partial charge in [-0.25, -0.2) is 4.98 Å². The Morgan fingerprint density at radius 1 is 1.44 bits per heavy atom. The number of aromatic amines is 1. The van der Waals surface area contributed by atoms with Gasteiger partial charge in [-0.2, -0.15) is 4.39 Å². The lowest BCUT2D eigenvalue weighted by molar-refractivity contribution is 0.358. The van der Waals surface area contributed by atoms with Gasteiger partial charge in [-0.3, -0.25) is 0 Å². The van der Waals surface area contributed by atoms with Crippen molar-refractivity contribution in [1.82, 2.24) is 14.9 Å². The molecular weight excluding hydrogens is 205 g/mol. The minimum Gasteiger partial charge on any atom is -0.346 e. The molecule has 0 aliphatic rings. The maximum atomic E-state index is 12.9. The second-order valence-corrected chi connectivity index (χ2v) is 3.99. The normalized spacial score (nSPS) is 11.5. The average molecular weight is 221 g/mol. The minimum atomic E-state index is -0.438. The van der Waals surface area contributed by atoms with Crippen molar-refractivity contribution in [2.75, 3.05) is 20.1 Å². The zero-order chi connectivity index (χ0) is 11.5. The number of nitrogens with one attached hydrogen (secondary N) is 1. The van der Waals surface area contributed by atoms with Crippen LogP contribution in [0.3, 0.4) is 0 Å². The zero-order valence-electron chi connectivity index (χ0n) is 9.63. The Balaban J connectivity index is 2.19. The lowest BCUT2D eigenvalue weighted by Crippen LogP contribution is -2.20. The first-order valence-electron chi connectivity index (χ1n) is 5.51. The maximum Gasteiger partial charge on any atom is 0.214 e. The van der Waals surface area contributed by atoms with Crippen molar-refractivity contribution in [1.29, 1.82) is 0 Å². The second-order valence-electron chi connectivity index (χ2n) is 3.99. The van der Waals surface area contributed by atoms with Gasteiger partial charge in [-0.1, -0.05) is 6.92 Å². The molecule has 0 aliphatic heterocycles. The molecule has 0 unspecified atom stereocenters. The standard InChI is InChI=1S/C12H16FN3/c1-3-16(2)7-6-9-8-14-12-10(9)4-5-11(13)15-12/h4-5,8H,3,6-7H2,1-2H3,(H,14,15). The van der Waals surface area contributed by atoms with E-state index in [2.05, 4.69) is 28.8 Å². The van der Waals surface area contributed by atoms with Crippen molar-refractivity contribution in [3.63, 3.8) is 0 Å². The fourth-order valence-electron chi connectivity index (χ4n) is 1.71. The second kappa shape index (κ2) is 4.61. The molecule has 0 radical (unpaired) electrons. The minimum absolute atomic E-state index is 0.438. The molecule has 0 aromatic carbocycles. The van der Waals surface area contributed by atoms with Crippen LogP contribution in [-0.2, 0) is 6.42 Å². The Morgan fingerprint density at radius 3 is 3.00 bits per heavy atom. The molecule has 2 rings (SSSR count). The van der Waals surface area contributed by atoms with Gasteiger partial charge < -0.3 is 9.88 Å². The Bertz CT molecular complexity index is 478. The molecule has 1 N–H and O–H groups in total. The van der Waals surface area contributed by atoms with Crippen molar-refractivity contribution in [2.45, 2.75) is 13.3 Å². The lowest BCUT2D eigenvalue weighted by atomic mass is 10.1. The summed E-state index contributed by atoms with van der Waals surface area (Å²) in [6.45, 7) is 4.17. The zero-order valence-corrected chi connectivity index (χ0v) is 9.63. The molecule has 16 heavy (non-hydrogen) atoms. The molecule has 0 fully saturated rings. The highest BCUT2D eigenvalue weighted by atomic mass is 19.1. The van der Waals surface area contributed by atoms with E-state index in [1.165, 1.54) is 11.6 Å². The van der Waals surface area contributed by atoms with E-state index in [0.717, 1.165) is 24.9 Å². The van der Waals surface area contributed by atoms with Gasteiger partial charge in [0.15, 0.2) is 0 Å². The molecule has 0 atom stereocenters. The van der Waals surface area contributed by atoms with E-state index in [-0.39, 0.29) is 0 Å². The Morgan fingerprint density at radius 2 is 2.25 bits per heavy atom. The number of halogens is 1. The fraction of sp³-hybridized carbons (Fsp3) is 0.417. The summed E-state index contributed by atoms with van der Waals surface area (Å²) in [7, 11) is 2.09. The summed E-state index contributed by atoms with van der Waals surface area (Å²) in [6, 6.07) is 3.19. The van der Waals surface area contributed by atoms with Crippen molar-refractivity contribution < 1.29 is 4.39 Å². The molecule has 86 valence electrons. The van der Waals surface area contributed by atoms with E-state index in [4.69, 9.17) is 0 Å². The smallest absolute Gasteiger partial charge is 0.214 e. The molecule has 0 amide bonds. The van der Waals surface area contributed by atoms with Crippen LogP contribution in [0.2, 0.25) is 0 Å². The third-order valence-corrected chi connectivity index (χ3v) is 2.89. The summed E-state index contributed by atoms with van der Waals surface area (Å²) in [5.74, 6) is -0.438. The van der Waals surface area contributed by atoms with Crippen LogP contribution in [0.15, 0.2) is 18.3 Å². The van der Waals surface area contributed by atoms with Gasteiger partial charge in [0.05, 0.1) is 0 Å². The number of hydrogen-bond acceptors (Lipinski definition) is 2. The van der Waals surface area contributed by atoms with Crippen LogP contribution in [0.25, 0.3) is 11.0 Å². The van der Waals surface area contributed by atoms with Gasteiger partial charge in [0, 0.05) is 18.1 Å². The van der Waals surface area contributed by atoms with E-state index < -0.39 is 5.95 Å². The number of rotatable bonds is 4. The van der Waals surface area contributed by atoms with Gasteiger partial charge >= 0.3 is 0 Å². The van der Waals surface area contributed by atoms with Crippen molar-refractivity contribution in [3.8, 4) is 0 Å². The van der Waals surface area contributed by atoms with Gasteiger partial charge in [0.2, 0.25) is 5.95 Å². The van der Waals surface area contributed by atoms with E-state index in [1.807, 2.05) is 6.20 Å². The summed E-state index contributed by atoms with van der Waals surface area (Å²) >= 11 is 0. The third-order valence-electron chi connectivity index (χ3n) is 2.89. The van der Waals surface area contributed by atoms with E-state index in [9.17, 15) is 4.39 Å². The summed E-state index contributed by atoms with van der Waals surface area (Å²) < 4.78 is 12.9. The predicted octanol–water partition coefficient (Wildman–Crippen LogP) is 2.20. The van der Waals surface area contributed by atoms with Gasteiger partial charge in [0.25, 0.3) is 0 Å². The first-order valence-corrected chi connectivity index (χ1v) is 5.51. The van der Waals surface area contributed by atoms with Crippen LogP contribution in [0, 0.1) is 5.95 Å². The third kappa shape index (κ3) is 2.22. The van der Waals surface area contributed by atoms with Crippen LogP contribution in [0.4, 0.5) is 4.39 Å². The molecule has 2 aromatic heterocycles. The van der Waals surface area contributed by atoms with Gasteiger partial charge in [-0.05, 0) is 37.7 Å².